The molecule has 1 heterocycles. The van der Waals surface area contributed by atoms with E-state index in [1.807, 2.05) is 25.3 Å². The Balaban J connectivity index is 0.000000213. The van der Waals surface area contributed by atoms with Gasteiger partial charge in [-0.1, -0.05) is 41.1 Å². The Morgan fingerprint density at radius 3 is 2.58 bits per heavy atom. The number of H-pyrrole nitrogens is 1. The fourth-order valence-corrected chi connectivity index (χ4v) is 0.995. The van der Waals surface area contributed by atoms with Gasteiger partial charge in [0.2, 0.25) is 0 Å². The van der Waals surface area contributed by atoms with Crippen LogP contribution in [0.1, 0.15) is 6.92 Å². The van der Waals surface area contributed by atoms with Gasteiger partial charge in [-0.05, 0) is 17.5 Å². The fraction of sp³-hybridized carbons (Fsp3) is 0.200. The van der Waals surface area contributed by atoms with Gasteiger partial charge in [0.25, 0.3) is 0 Å². The van der Waals surface area contributed by atoms with Crippen LogP contribution in [0.3, 0.4) is 0 Å². The third-order valence-corrected chi connectivity index (χ3v) is 1.46. The van der Waals surface area contributed by atoms with Gasteiger partial charge in [-0.3, -0.25) is 0 Å². The minimum Gasteiger partial charge on any atom is -0.361 e. The fourth-order valence-electron chi connectivity index (χ4n) is 0.995. The Morgan fingerprint density at radius 2 is 1.92 bits per heavy atom. The molecule has 64 valence electrons. The van der Waals surface area contributed by atoms with E-state index in [4.69, 9.17) is 0 Å². The van der Waals surface area contributed by atoms with E-state index >= 15 is 0 Å². The zero-order valence-corrected chi connectivity index (χ0v) is 8.64. The topological polar surface area (TPSA) is 15.8 Å². The van der Waals surface area contributed by atoms with E-state index in [1.165, 1.54) is 10.9 Å². The number of para-hydroxylation sites is 1. The lowest BCUT2D eigenvalue weighted by atomic mass is 10.3. The standard InChI is InChI=1S/C8H7N.C2H5Br/c1-2-4-8-7(3-1)5-6-9-8;1-2-3/h1-6,9H;2H2,1H3. The summed E-state index contributed by atoms with van der Waals surface area (Å²) in [6.07, 6.45) is 1.95. The van der Waals surface area contributed by atoms with Crippen LogP contribution in [0.25, 0.3) is 10.9 Å². The molecule has 1 nitrogen and oxygen atoms in total. The van der Waals surface area contributed by atoms with Crippen molar-refractivity contribution in [2.75, 3.05) is 5.33 Å². The van der Waals surface area contributed by atoms with E-state index < -0.39 is 0 Å². The molecule has 0 spiro atoms. The molecule has 0 bridgehead atoms. The van der Waals surface area contributed by atoms with Gasteiger partial charge in [-0.25, -0.2) is 0 Å². The number of aromatic nitrogens is 1. The summed E-state index contributed by atoms with van der Waals surface area (Å²) in [7, 11) is 0. The largest absolute Gasteiger partial charge is 0.361 e. The van der Waals surface area contributed by atoms with Crippen LogP contribution in [-0.4, -0.2) is 10.3 Å². The molecule has 0 amide bonds. The van der Waals surface area contributed by atoms with Crippen LogP contribution >= 0.6 is 15.9 Å². The number of nitrogens with one attached hydrogen (secondary N) is 1. The predicted molar refractivity (Wildman–Crippen MR) is 57.8 cm³/mol. The number of rotatable bonds is 0. The number of hydrogen-bond donors (Lipinski definition) is 1. The number of hydrogen-bond acceptors (Lipinski definition) is 0. The van der Waals surface area contributed by atoms with Gasteiger partial charge >= 0.3 is 0 Å². The lowest BCUT2D eigenvalue weighted by Crippen LogP contribution is -1.61. The monoisotopic (exact) mass is 225 g/mol. The molecule has 0 aliphatic heterocycles. The SMILES string of the molecule is CCBr.c1ccc2[nH]ccc2c1. The van der Waals surface area contributed by atoms with Gasteiger partial charge in [0.15, 0.2) is 0 Å². The van der Waals surface area contributed by atoms with Gasteiger partial charge in [-0.15, -0.1) is 0 Å². The van der Waals surface area contributed by atoms with Crippen molar-refractivity contribution in [3.8, 4) is 0 Å². The molecule has 1 aromatic carbocycles. The van der Waals surface area contributed by atoms with Crippen molar-refractivity contribution in [3.05, 3.63) is 36.5 Å². The van der Waals surface area contributed by atoms with Crippen LogP contribution in [0.15, 0.2) is 36.5 Å². The summed E-state index contributed by atoms with van der Waals surface area (Å²) in [5.74, 6) is 0. The summed E-state index contributed by atoms with van der Waals surface area (Å²) in [5.41, 5.74) is 1.21. The first-order chi connectivity index (χ1) is 5.88. The second-order valence-corrected chi connectivity index (χ2v) is 3.45. The molecule has 1 N–H and O–H groups in total. The van der Waals surface area contributed by atoms with Crippen LogP contribution in [0.5, 0.6) is 0 Å². The lowest BCUT2D eigenvalue weighted by Gasteiger charge is -1.83. The van der Waals surface area contributed by atoms with Crippen molar-refractivity contribution in [1.29, 1.82) is 0 Å². The molecule has 0 aliphatic rings. The van der Waals surface area contributed by atoms with E-state index in [-0.39, 0.29) is 0 Å². The maximum atomic E-state index is 3.15. The third kappa shape index (κ3) is 2.38. The number of benzene rings is 1. The summed E-state index contributed by atoms with van der Waals surface area (Å²) in [6.45, 7) is 2.04. The summed E-state index contributed by atoms with van der Waals surface area (Å²) in [6, 6.07) is 10.3. The summed E-state index contributed by atoms with van der Waals surface area (Å²) >= 11 is 3.15. The zero-order chi connectivity index (χ0) is 8.81. The van der Waals surface area contributed by atoms with E-state index in [0.29, 0.717) is 0 Å². The molecule has 2 rings (SSSR count). The highest BCUT2D eigenvalue weighted by atomic mass is 79.9. The quantitative estimate of drug-likeness (QED) is 0.661. The number of aromatic amines is 1. The van der Waals surface area contributed by atoms with Gasteiger partial charge in [0.1, 0.15) is 0 Å². The maximum Gasteiger partial charge on any atom is 0.0453 e. The second kappa shape index (κ2) is 4.99. The van der Waals surface area contributed by atoms with Crippen LogP contribution < -0.4 is 0 Å². The maximum absolute atomic E-state index is 3.15. The van der Waals surface area contributed by atoms with Crippen LogP contribution in [-0.2, 0) is 0 Å². The molecule has 0 unspecified atom stereocenters. The lowest BCUT2D eigenvalue weighted by molar-refractivity contribution is 1.48. The molecular weight excluding hydrogens is 214 g/mol. The minimum absolute atomic E-state index is 1.06. The summed E-state index contributed by atoms with van der Waals surface area (Å²) in [5, 5.41) is 2.34. The highest BCUT2D eigenvalue weighted by Gasteiger charge is 1.86. The van der Waals surface area contributed by atoms with Crippen molar-refractivity contribution in [3.63, 3.8) is 0 Å². The van der Waals surface area contributed by atoms with Crippen LogP contribution in [0.4, 0.5) is 0 Å². The second-order valence-electron chi connectivity index (χ2n) is 2.33. The Kier molecular flexibility index (Phi) is 3.88. The number of fused-ring (bicyclic) bond motifs is 1. The summed E-state index contributed by atoms with van der Waals surface area (Å²) in [4.78, 5) is 3.12. The van der Waals surface area contributed by atoms with Crippen molar-refractivity contribution >= 4 is 26.8 Å². The molecule has 1 aromatic heterocycles. The van der Waals surface area contributed by atoms with Gasteiger partial charge in [0, 0.05) is 17.0 Å². The predicted octanol–water partition coefficient (Wildman–Crippen LogP) is 3.57. The number of halogens is 1. The van der Waals surface area contributed by atoms with Crippen LogP contribution in [0.2, 0.25) is 0 Å². The molecule has 0 aliphatic carbocycles. The van der Waals surface area contributed by atoms with Gasteiger partial charge in [-0.2, -0.15) is 0 Å². The molecule has 0 saturated carbocycles. The van der Waals surface area contributed by atoms with E-state index in [0.717, 1.165) is 5.33 Å². The minimum atomic E-state index is 1.06. The van der Waals surface area contributed by atoms with Crippen molar-refractivity contribution in [2.24, 2.45) is 0 Å². The average molecular weight is 226 g/mol. The van der Waals surface area contributed by atoms with E-state index in [2.05, 4.69) is 39.1 Å². The Morgan fingerprint density at radius 1 is 1.25 bits per heavy atom. The molecule has 0 atom stereocenters. The molecule has 2 heteroatoms. The average Bonchev–Trinajstić information content (AvgIpc) is 2.52. The Hall–Kier alpha value is -0.760. The van der Waals surface area contributed by atoms with Gasteiger partial charge in [0.05, 0.1) is 0 Å². The number of alkyl halides is 1. The first-order valence-electron chi connectivity index (χ1n) is 3.96. The first kappa shape index (κ1) is 9.33. The third-order valence-electron chi connectivity index (χ3n) is 1.46. The van der Waals surface area contributed by atoms with E-state index in [9.17, 15) is 0 Å². The molecular formula is C10H12BrN. The normalized spacial score (nSPS) is 9.17. The van der Waals surface area contributed by atoms with Crippen molar-refractivity contribution in [2.45, 2.75) is 6.92 Å². The van der Waals surface area contributed by atoms with Gasteiger partial charge < -0.3 is 4.98 Å². The zero-order valence-electron chi connectivity index (χ0n) is 7.05. The van der Waals surface area contributed by atoms with Crippen molar-refractivity contribution in [1.82, 2.24) is 4.98 Å². The molecule has 2 aromatic rings. The molecule has 0 saturated heterocycles. The highest BCUT2D eigenvalue weighted by Crippen LogP contribution is 2.09. The van der Waals surface area contributed by atoms with Crippen molar-refractivity contribution < 1.29 is 0 Å². The highest BCUT2D eigenvalue weighted by molar-refractivity contribution is 9.09. The summed E-state index contributed by atoms with van der Waals surface area (Å²) < 4.78 is 0. The Labute approximate surface area is 80.9 Å². The molecule has 0 radical (unpaired) electrons. The Bertz CT molecular complexity index is 297. The smallest absolute Gasteiger partial charge is 0.0453 e. The first-order valence-corrected chi connectivity index (χ1v) is 5.08. The van der Waals surface area contributed by atoms with E-state index in [1.54, 1.807) is 0 Å². The molecule has 12 heavy (non-hydrogen) atoms. The van der Waals surface area contributed by atoms with Crippen LogP contribution in [0, 0.1) is 0 Å². The molecule has 0 fully saturated rings.